The predicted octanol–water partition coefficient (Wildman–Crippen LogP) is 3.56. The van der Waals surface area contributed by atoms with Crippen molar-refractivity contribution in [1.29, 1.82) is 0 Å². The van der Waals surface area contributed by atoms with E-state index >= 15 is 0 Å². The van der Waals surface area contributed by atoms with Crippen molar-refractivity contribution in [3.8, 4) is 5.75 Å². The van der Waals surface area contributed by atoms with Crippen molar-refractivity contribution in [2.45, 2.75) is 20.0 Å². The number of hydrogen-bond donors (Lipinski definition) is 1. The van der Waals surface area contributed by atoms with Gasteiger partial charge in [0, 0.05) is 12.7 Å². The predicted molar refractivity (Wildman–Crippen MR) is 94.5 cm³/mol. The molecule has 0 unspecified atom stereocenters. The Morgan fingerprint density at radius 2 is 1.77 bits per heavy atom. The van der Waals surface area contributed by atoms with Gasteiger partial charge in [0.15, 0.2) is 0 Å². The molecule has 0 heterocycles. The van der Waals surface area contributed by atoms with Gasteiger partial charge >= 0.3 is 6.61 Å². The zero-order valence-corrected chi connectivity index (χ0v) is 14.5. The smallest absolute Gasteiger partial charge is 0.387 e. The molecule has 0 spiro atoms. The fraction of sp³-hybridized carbons (Fsp3) is 0.263. The second-order valence-electron chi connectivity index (χ2n) is 5.59. The summed E-state index contributed by atoms with van der Waals surface area (Å²) in [5.74, 6) is -1.19. The molecule has 7 heteroatoms. The Morgan fingerprint density at radius 1 is 1.12 bits per heavy atom. The molecule has 1 N–H and O–H groups in total. The van der Waals surface area contributed by atoms with Gasteiger partial charge in [-0.15, -0.1) is 0 Å². The minimum atomic E-state index is -3.04. The second kappa shape index (κ2) is 8.94. The number of rotatable bonds is 7. The van der Waals surface area contributed by atoms with Gasteiger partial charge in [-0.1, -0.05) is 37.3 Å². The summed E-state index contributed by atoms with van der Waals surface area (Å²) in [6.45, 7) is -1.29. The average Bonchev–Trinajstić information content (AvgIpc) is 2.61. The lowest BCUT2D eigenvalue weighted by atomic mass is 10.1. The summed E-state index contributed by atoms with van der Waals surface area (Å²) in [5.41, 5.74) is 1.63. The highest BCUT2D eigenvalue weighted by atomic mass is 19.3. The van der Waals surface area contributed by atoms with Crippen LogP contribution in [0.25, 0.3) is 0 Å². The maximum absolute atomic E-state index is 12.5. The number of carbonyl (C=O) groups excluding carboxylic acids is 2. The van der Waals surface area contributed by atoms with Crippen molar-refractivity contribution in [2.75, 3.05) is 18.9 Å². The molecular formula is C19H20F2N2O3. The Morgan fingerprint density at radius 3 is 2.46 bits per heavy atom. The zero-order valence-electron chi connectivity index (χ0n) is 14.5. The van der Waals surface area contributed by atoms with E-state index in [0.29, 0.717) is 5.69 Å². The number of benzene rings is 2. The second-order valence-corrected chi connectivity index (χ2v) is 5.59. The van der Waals surface area contributed by atoms with E-state index in [1.54, 1.807) is 6.07 Å². The Kier molecular flexibility index (Phi) is 6.66. The van der Waals surface area contributed by atoms with Crippen LogP contribution < -0.4 is 10.1 Å². The van der Waals surface area contributed by atoms with Gasteiger partial charge in [0.25, 0.3) is 5.91 Å². The molecule has 138 valence electrons. The topological polar surface area (TPSA) is 58.6 Å². The molecule has 0 bridgehead atoms. The van der Waals surface area contributed by atoms with E-state index in [9.17, 15) is 18.4 Å². The van der Waals surface area contributed by atoms with Gasteiger partial charge in [-0.05, 0) is 30.2 Å². The molecule has 26 heavy (non-hydrogen) atoms. The fourth-order valence-electron chi connectivity index (χ4n) is 2.48. The van der Waals surface area contributed by atoms with E-state index in [0.717, 1.165) is 16.9 Å². The van der Waals surface area contributed by atoms with Gasteiger partial charge in [-0.25, -0.2) is 0 Å². The average molecular weight is 362 g/mol. The van der Waals surface area contributed by atoms with Crippen LogP contribution in [0.1, 0.15) is 22.8 Å². The minimum absolute atomic E-state index is 0.0305. The summed E-state index contributed by atoms with van der Waals surface area (Å²) in [7, 11) is 1.42. The monoisotopic (exact) mass is 362 g/mol. The van der Waals surface area contributed by atoms with Gasteiger partial charge in [0.2, 0.25) is 5.91 Å². The highest BCUT2D eigenvalue weighted by molar-refractivity contribution is 6.00. The maximum Gasteiger partial charge on any atom is 0.387 e. The molecule has 5 nitrogen and oxygen atoms in total. The Bertz CT molecular complexity index is 781. The van der Waals surface area contributed by atoms with Crippen molar-refractivity contribution >= 4 is 17.5 Å². The van der Waals surface area contributed by atoms with Crippen LogP contribution in [0, 0.1) is 0 Å². The first-order valence-corrected chi connectivity index (χ1v) is 8.09. The molecule has 0 aromatic heterocycles. The van der Waals surface area contributed by atoms with Crippen LogP contribution in [-0.2, 0) is 11.2 Å². The van der Waals surface area contributed by atoms with E-state index in [1.807, 2.05) is 25.1 Å². The summed E-state index contributed by atoms with van der Waals surface area (Å²) >= 11 is 0. The molecule has 2 rings (SSSR count). The number of alkyl halides is 2. The van der Waals surface area contributed by atoms with Crippen molar-refractivity contribution < 1.29 is 23.1 Å². The van der Waals surface area contributed by atoms with E-state index in [1.165, 1.54) is 31.3 Å². The largest absolute Gasteiger partial charge is 0.434 e. The Balaban J connectivity index is 2.06. The molecule has 2 amide bonds. The van der Waals surface area contributed by atoms with E-state index in [4.69, 9.17) is 0 Å². The van der Waals surface area contributed by atoms with E-state index < -0.39 is 12.5 Å². The van der Waals surface area contributed by atoms with Crippen LogP contribution in [0.4, 0.5) is 14.5 Å². The number of para-hydroxylation sites is 2. The fourth-order valence-corrected chi connectivity index (χ4v) is 2.48. The van der Waals surface area contributed by atoms with E-state index in [2.05, 4.69) is 10.1 Å². The first-order valence-electron chi connectivity index (χ1n) is 8.09. The quantitative estimate of drug-likeness (QED) is 0.819. The van der Waals surface area contributed by atoms with Gasteiger partial charge in [0.1, 0.15) is 5.75 Å². The standard InChI is InChI=1S/C19H20F2N2O3/c1-3-13-8-4-6-10-15(13)22-17(24)12-23(2)18(25)14-9-5-7-11-16(14)26-19(20)21/h4-11,19H,3,12H2,1-2H3,(H,22,24). The summed E-state index contributed by atoms with van der Waals surface area (Å²) in [6.07, 6.45) is 0.754. The van der Waals surface area contributed by atoms with Gasteiger partial charge in [-0.2, -0.15) is 8.78 Å². The number of aryl methyl sites for hydroxylation is 1. The first kappa shape index (κ1) is 19.4. The molecule has 0 aliphatic carbocycles. The number of anilines is 1. The molecule has 2 aromatic carbocycles. The normalized spacial score (nSPS) is 10.5. The first-order chi connectivity index (χ1) is 12.4. The third-order valence-electron chi connectivity index (χ3n) is 3.73. The lowest BCUT2D eigenvalue weighted by Crippen LogP contribution is -2.35. The van der Waals surface area contributed by atoms with Crippen LogP contribution in [-0.4, -0.2) is 36.9 Å². The lowest BCUT2D eigenvalue weighted by molar-refractivity contribution is -0.116. The number of carbonyl (C=O) groups is 2. The number of ether oxygens (including phenoxy) is 1. The number of nitrogens with zero attached hydrogens (tertiary/aromatic N) is 1. The number of likely N-dealkylation sites (N-methyl/N-ethyl adjacent to an activating group) is 1. The maximum atomic E-state index is 12.5. The molecule has 0 saturated carbocycles. The Hall–Kier alpha value is -2.96. The lowest BCUT2D eigenvalue weighted by Gasteiger charge is -2.19. The summed E-state index contributed by atoms with van der Waals surface area (Å²) in [4.78, 5) is 25.9. The van der Waals surface area contributed by atoms with Crippen LogP contribution in [0.3, 0.4) is 0 Å². The van der Waals surface area contributed by atoms with Crippen LogP contribution in [0.5, 0.6) is 5.75 Å². The number of halogens is 2. The molecule has 2 aromatic rings. The van der Waals surface area contributed by atoms with Gasteiger partial charge < -0.3 is 15.0 Å². The van der Waals surface area contributed by atoms with Crippen molar-refractivity contribution in [1.82, 2.24) is 4.90 Å². The van der Waals surface area contributed by atoms with Crippen LogP contribution in [0.15, 0.2) is 48.5 Å². The minimum Gasteiger partial charge on any atom is -0.434 e. The molecule has 0 atom stereocenters. The van der Waals surface area contributed by atoms with Crippen molar-refractivity contribution in [3.63, 3.8) is 0 Å². The summed E-state index contributed by atoms with van der Waals surface area (Å²) in [6, 6.07) is 13.1. The molecule has 0 radical (unpaired) electrons. The van der Waals surface area contributed by atoms with Crippen molar-refractivity contribution in [2.24, 2.45) is 0 Å². The van der Waals surface area contributed by atoms with Crippen LogP contribution >= 0.6 is 0 Å². The van der Waals surface area contributed by atoms with Gasteiger partial charge in [0.05, 0.1) is 12.1 Å². The zero-order chi connectivity index (χ0) is 19.1. The summed E-state index contributed by atoms with van der Waals surface area (Å²) in [5, 5.41) is 2.76. The van der Waals surface area contributed by atoms with Crippen molar-refractivity contribution in [3.05, 3.63) is 59.7 Å². The summed E-state index contributed by atoms with van der Waals surface area (Å²) < 4.78 is 29.3. The Labute approximate surface area is 150 Å². The molecule has 0 saturated heterocycles. The van der Waals surface area contributed by atoms with Crippen LogP contribution in [0.2, 0.25) is 0 Å². The number of hydrogen-bond acceptors (Lipinski definition) is 3. The third-order valence-corrected chi connectivity index (χ3v) is 3.73. The number of nitrogens with one attached hydrogen (secondary N) is 1. The highest BCUT2D eigenvalue weighted by Crippen LogP contribution is 2.21. The molecule has 0 aliphatic rings. The molecular weight excluding hydrogens is 342 g/mol. The number of amides is 2. The highest BCUT2D eigenvalue weighted by Gasteiger charge is 2.20. The molecule has 0 aliphatic heterocycles. The molecule has 0 fully saturated rings. The van der Waals surface area contributed by atoms with Gasteiger partial charge in [-0.3, -0.25) is 9.59 Å². The SMILES string of the molecule is CCc1ccccc1NC(=O)CN(C)C(=O)c1ccccc1OC(F)F. The third kappa shape index (κ3) is 5.02. The van der Waals surface area contributed by atoms with E-state index in [-0.39, 0.29) is 23.8 Å².